The zero-order chi connectivity index (χ0) is 66.6. The maximum atomic E-state index is 15.8. The smallest absolute Gasteiger partial charge is 0.317 e. The molecule has 4 saturated carbocycles. The molecular weight excluding hydrogens is 1200 g/mol. The van der Waals surface area contributed by atoms with E-state index in [-0.39, 0.29) is 78.0 Å². The summed E-state index contributed by atoms with van der Waals surface area (Å²) in [5.41, 5.74) is -1.94. The molecule has 92 heavy (non-hydrogen) atoms. The molecule has 3 aliphatic heterocycles. The van der Waals surface area contributed by atoms with Gasteiger partial charge in [-0.25, -0.2) is 0 Å². The van der Waals surface area contributed by atoms with Crippen molar-refractivity contribution < 1.29 is 108 Å². The number of amides is 2. The van der Waals surface area contributed by atoms with Crippen molar-refractivity contribution >= 4 is 30.4 Å². The molecular formula is C68H96N2O22. The number of aliphatic hydroxyl groups is 9. The van der Waals surface area contributed by atoms with Gasteiger partial charge in [-0.15, -0.1) is 0 Å². The van der Waals surface area contributed by atoms with Gasteiger partial charge in [-0.2, -0.15) is 0 Å². The van der Waals surface area contributed by atoms with Gasteiger partial charge in [0, 0.05) is 18.5 Å². The lowest BCUT2D eigenvalue weighted by Gasteiger charge is -2.71. The summed E-state index contributed by atoms with van der Waals surface area (Å²) in [6.45, 7) is 13.5. The molecule has 0 aromatic heterocycles. The maximum absolute atomic E-state index is 15.8. The van der Waals surface area contributed by atoms with Crippen molar-refractivity contribution in [3.05, 3.63) is 70.8 Å². The number of benzene rings is 2. The summed E-state index contributed by atoms with van der Waals surface area (Å²) in [6, 6.07) is 9.72. The molecule has 0 bridgehead atoms. The van der Waals surface area contributed by atoms with Crippen molar-refractivity contribution in [1.29, 1.82) is 0 Å². The molecule has 11 unspecified atom stereocenters. The number of aldehydes is 2. The van der Waals surface area contributed by atoms with Crippen LogP contribution in [-0.2, 0) is 49.4 Å². The number of carbonyl (C=O) groups is 5. The molecule has 510 valence electrons. The van der Waals surface area contributed by atoms with Gasteiger partial charge in [-0.3, -0.25) is 19.2 Å². The SMILES string of the molecule is CC1O[C@@H](OC2C(O)[C@@H](NC(=O)CCCCCNC(=O)c3ccc(COc4cccc(O)c4C=O)cc3)C(CO)O[C@H]2OC(=O)[C@]23CCC(C)(C)CC2C2=CCC4C5(C)CC[C@H](O)[C@](C)(C=O)[C@@H]5CC[C@]4(C)[C@]2(C)C[C@H]3O)C(O)C(O)[C@H]1O[C@@H]1OC[C@@H](O)C(O)C1O. The van der Waals surface area contributed by atoms with E-state index in [2.05, 4.69) is 51.3 Å². The van der Waals surface area contributed by atoms with Gasteiger partial charge in [-0.1, -0.05) is 77.8 Å². The Balaban J connectivity index is 0.840. The van der Waals surface area contributed by atoms with Gasteiger partial charge < -0.3 is 99.7 Å². The third-order valence-electron chi connectivity index (χ3n) is 23.4. The Morgan fingerprint density at radius 2 is 1.46 bits per heavy atom. The number of nitrogens with one attached hydrogen (secondary N) is 2. The fourth-order valence-corrected chi connectivity index (χ4v) is 17.7. The Hall–Kier alpha value is -5.03. The molecule has 10 rings (SSSR count). The number of carbonyl (C=O) groups excluding carboxylic acids is 5. The van der Waals surface area contributed by atoms with E-state index >= 15 is 4.79 Å². The highest BCUT2D eigenvalue weighted by molar-refractivity contribution is 5.94. The number of aliphatic hydroxyl groups excluding tert-OH is 9. The van der Waals surface area contributed by atoms with Gasteiger partial charge in [-0.05, 0) is 147 Å². The summed E-state index contributed by atoms with van der Waals surface area (Å²) in [5, 5.41) is 118. The largest absolute Gasteiger partial charge is 0.507 e. The lowest BCUT2D eigenvalue weighted by atomic mass is 9.33. The second kappa shape index (κ2) is 27.2. The summed E-state index contributed by atoms with van der Waals surface area (Å²) in [4.78, 5) is 66.9. The number of allylic oxidation sites excluding steroid dienone is 2. The number of phenolic OH excluding ortho intramolecular Hbond substituents is 1. The first-order valence-corrected chi connectivity index (χ1v) is 32.8. The lowest BCUT2D eigenvalue weighted by Crippen LogP contribution is -2.69. The molecule has 24 heteroatoms. The highest BCUT2D eigenvalue weighted by Crippen LogP contribution is 2.76. The summed E-state index contributed by atoms with van der Waals surface area (Å²) >= 11 is 0. The number of esters is 1. The topological polar surface area (TPSA) is 376 Å². The summed E-state index contributed by atoms with van der Waals surface area (Å²) in [5.74, 6) is -2.27. The van der Waals surface area contributed by atoms with Crippen LogP contribution >= 0.6 is 0 Å². The maximum Gasteiger partial charge on any atom is 0.317 e. The number of rotatable bonds is 20. The molecule has 5 aliphatic carbocycles. The van der Waals surface area contributed by atoms with Crippen molar-refractivity contribution in [3.63, 3.8) is 0 Å². The quantitative estimate of drug-likeness (QED) is 0.0392. The summed E-state index contributed by atoms with van der Waals surface area (Å²) in [7, 11) is 0. The van der Waals surface area contributed by atoms with Crippen LogP contribution in [0.3, 0.4) is 0 Å². The predicted molar refractivity (Wildman–Crippen MR) is 326 cm³/mol. The van der Waals surface area contributed by atoms with Crippen LogP contribution < -0.4 is 15.4 Å². The molecule has 24 atom stereocenters. The van der Waals surface area contributed by atoms with Crippen LogP contribution in [0.25, 0.3) is 0 Å². The Morgan fingerprint density at radius 1 is 0.739 bits per heavy atom. The number of hydrogen-bond donors (Lipinski definition) is 12. The Morgan fingerprint density at radius 3 is 2.16 bits per heavy atom. The Bertz CT molecular complexity index is 3020. The number of ether oxygens (including phenoxy) is 7. The molecule has 7 fully saturated rings. The van der Waals surface area contributed by atoms with E-state index in [0.29, 0.717) is 68.8 Å². The molecule has 2 amide bonds. The van der Waals surface area contributed by atoms with Crippen LogP contribution in [0.5, 0.6) is 11.5 Å². The first-order valence-electron chi connectivity index (χ1n) is 32.8. The van der Waals surface area contributed by atoms with Crippen molar-refractivity contribution in [2.45, 2.75) is 237 Å². The second-order valence-electron chi connectivity index (χ2n) is 29.2. The highest BCUT2D eigenvalue weighted by Gasteiger charge is 2.72. The van der Waals surface area contributed by atoms with Gasteiger partial charge in [0.25, 0.3) is 5.91 Å². The second-order valence-corrected chi connectivity index (χ2v) is 29.2. The molecule has 2 aromatic carbocycles. The average Bonchev–Trinajstić information content (AvgIpc) is 0.673. The number of aromatic hydroxyl groups is 1. The minimum atomic E-state index is -1.99. The van der Waals surface area contributed by atoms with Gasteiger partial charge >= 0.3 is 5.97 Å². The molecule has 2 aromatic rings. The minimum absolute atomic E-state index is 0.0298. The zero-order valence-electron chi connectivity index (χ0n) is 53.6. The molecule has 3 heterocycles. The number of phenols is 1. The normalized spacial score (nSPS) is 42.3. The average molecular weight is 1290 g/mol. The monoisotopic (exact) mass is 1290 g/mol. The van der Waals surface area contributed by atoms with Crippen molar-refractivity contribution in [1.82, 2.24) is 10.6 Å². The molecule has 0 radical (unpaired) electrons. The molecule has 12 N–H and O–H groups in total. The van der Waals surface area contributed by atoms with E-state index in [4.69, 9.17) is 33.2 Å². The van der Waals surface area contributed by atoms with Crippen molar-refractivity contribution in [2.24, 2.45) is 50.2 Å². The molecule has 8 aliphatic rings. The highest BCUT2D eigenvalue weighted by atomic mass is 16.8. The van der Waals surface area contributed by atoms with E-state index < -0.39 is 151 Å². The third-order valence-corrected chi connectivity index (χ3v) is 23.4. The fourth-order valence-electron chi connectivity index (χ4n) is 17.7. The van der Waals surface area contributed by atoms with Crippen LogP contribution in [0.15, 0.2) is 54.1 Å². The standard InChI is InChI=1S/C68H96N2O22/c1-35-56(90-59-54(82)51(79)42(75)33-87-59)53(81)55(83)60(88-35)91-57-52(80)50(70-49(78)14-9-8-10-27-69-58(84)37-17-15-36(16-18-37)32-86-43-13-11-12-41(74)38(43)30-71)44(31-72)89-61(57)92-62(85)68-26-25-63(2,3)28-40(68)39-19-20-46-64(4)23-22-47(76)65(5,34-73)45(64)21-24-66(46,6)67(39,7)29-48(68)77/h11-13,15-19,30,34-35,40,42,44-48,50-57,59-61,72,74-77,79-83H,8-10,14,20-29,31-33H2,1-7H3,(H,69,84)(H,70,78)/t35?,40?,42-,44?,45-,46?,47+,48-,50+,51?,52?,53?,54?,55?,56+,57?,59+,60+,61+,64?,65-,66+,67-,68-/m1/s1. The van der Waals surface area contributed by atoms with Crippen LogP contribution in [0, 0.1) is 50.2 Å². The van der Waals surface area contributed by atoms with Gasteiger partial charge in [0.15, 0.2) is 25.0 Å². The summed E-state index contributed by atoms with van der Waals surface area (Å²) < 4.78 is 42.3. The Labute approximate surface area is 536 Å². The van der Waals surface area contributed by atoms with Gasteiger partial charge in [0.1, 0.15) is 78.6 Å². The third kappa shape index (κ3) is 12.6. The van der Waals surface area contributed by atoms with E-state index in [9.17, 15) is 70.2 Å². The fraction of sp³-hybridized carbons (Fsp3) is 0.721. The summed E-state index contributed by atoms with van der Waals surface area (Å²) in [6.07, 6.45) is -14.1. The molecule has 0 spiro atoms. The lowest BCUT2D eigenvalue weighted by molar-refractivity contribution is -0.370. The molecule has 24 nitrogen and oxygen atoms in total. The van der Waals surface area contributed by atoms with Gasteiger partial charge in [0.05, 0.1) is 48.5 Å². The van der Waals surface area contributed by atoms with Crippen LogP contribution in [0.2, 0.25) is 0 Å². The van der Waals surface area contributed by atoms with E-state index in [1.165, 1.54) is 13.0 Å². The number of hydrogen-bond acceptors (Lipinski definition) is 22. The van der Waals surface area contributed by atoms with Crippen molar-refractivity contribution in [3.8, 4) is 11.5 Å². The zero-order valence-corrected chi connectivity index (χ0v) is 53.6. The van der Waals surface area contributed by atoms with E-state index in [1.54, 1.807) is 36.4 Å². The predicted octanol–water partition coefficient (Wildman–Crippen LogP) is 3.17. The number of fused-ring (bicyclic) bond motifs is 7. The van der Waals surface area contributed by atoms with E-state index in [0.717, 1.165) is 24.7 Å². The van der Waals surface area contributed by atoms with Crippen LogP contribution in [-0.4, -0.2) is 199 Å². The molecule has 3 saturated heterocycles. The first kappa shape index (κ1) is 69.8. The minimum Gasteiger partial charge on any atom is -0.507 e. The number of unbranched alkanes of at least 4 members (excludes halogenated alkanes) is 2. The van der Waals surface area contributed by atoms with Crippen molar-refractivity contribution in [2.75, 3.05) is 19.8 Å². The van der Waals surface area contributed by atoms with Gasteiger partial charge in [0.2, 0.25) is 12.2 Å². The first-order chi connectivity index (χ1) is 43.5. The Kier molecular flexibility index (Phi) is 20.7. The van der Waals surface area contributed by atoms with Crippen LogP contribution in [0.4, 0.5) is 0 Å². The van der Waals surface area contributed by atoms with E-state index in [1.807, 2.05) is 6.92 Å². The van der Waals surface area contributed by atoms with Crippen LogP contribution in [0.1, 0.15) is 158 Å².